The SMILES string of the molecule is Cc1ccc(NC(=O)c2cc(C)nc(Nc3ccc(C#N)cc3)n2)cc1. The van der Waals surface area contributed by atoms with Gasteiger partial charge in [-0.3, -0.25) is 4.79 Å². The molecule has 0 aliphatic heterocycles. The number of carbonyl (C=O) groups is 1. The van der Waals surface area contributed by atoms with Crippen molar-refractivity contribution in [2.75, 3.05) is 10.6 Å². The second kappa shape index (κ2) is 7.45. The average molecular weight is 343 g/mol. The van der Waals surface area contributed by atoms with Crippen LogP contribution in [0.2, 0.25) is 0 Å². The molecule has 2 aromatic carbocycles. The third-order valence-corrected chi connectivity index (χ3v) is 3.67. The van der Waals surface area contributed by atoms with Crippen molar-refractivity contribution < 1.29 is 4.79 Å². The van der Waals surface area contributed by atoms with Crippen LogP contribution >= 0.6 is 0 Å². The number of amides is 1. The zero-order chi connectivity index (χ0) is 18.5. The predicted molar refractivity (Wildman–Crippen MR) is 100 cm³/mol. The maximum Gasteiger partial charge on any atom is 0.274 e. The molecular weight excluding hydrogens is 326 g/mol. The molecule has 0 spiro atoms. The van der Waals surface area contributed by atoms with Crippen LogP contribution in [-0.2, 0) is 0 Å². The molecule has 1 amide bonds. The zero-order valence-corrected chi connectivity index (χ0v) is 14.4. The number of carbonyl (C=O) groups excluding carboxylic acids is 1. The van der Waals surface area contributed by atoms with E-state index in [2.05, 4.69) is 26.7 Å². The minimum Gasteiger partial charge on any atom is -0.324 e. The van der Waals surface area contributed by atoms with Crippen molar-refractivity contribution in [2.45, 2.75) is 13.8 Å². The number of nitriles is 1. The normalized spacial score (nSPS) is 10.0. The monoisotopic (exact) mass is 343 g/mol. The fourth-order valence-electron chi connectivity index (χ4n) is 2.33. The molecule has 0 unspecified atom stereocenters. The van der Waals surface area contributed by atoms with Gasteiger partial charge in [-0.2, -0.15) is 5.26 Å². The van der Waals surface area contributed by atoms with Crippen LogP contribution in [0.5, 0.6) is 0 Å². The smallest absolute Gasteiger partial charge is 0.274 e. The van der Waals surface area contributed by atoms with Crippen molar-refractivity contribution in [1.29, 1.82) is 5.26 Å². The largest absolute Gasteiger partial charge is 0.324 e. The number of anilines is 3. The van der Waals surface area contributed by atoms with Gasteiger partial charge in [0.15, 0.2) is 0 Å². The molecule has 0 bridgehead atoms. The van der Waals surface area contributed by atoms with Gasteiger partial charge in [0.05, 0.1) is 11.6 Å². The fourth-order valence-corrected chi connectivity index (χ4v) is 2.33. The number of hydrogen-bond acceptors (Lipinski definition) is 5. The third-order valence-electron chi connectivity index (χ3n) is 3.67. The molecule has 0 atom stereocenters. The van der Waals surface area contributed by atoms with Crippen LogP contribution in [0.3, 0.4) is 0 Å². The van der Waals surface area contributed by atoms with E-state index in [1.165, 1.54) is 0 Å². The Bertz CT molecular complexity index is 973. The number of nitrogens with one attached hydrogen (secondary N) is 2. The summed E-state index contributed by atoms with van der Waals surface area (Å²) in [7, 11) is 0. The van der Waals surface area contributed by atoms with Crippen LogP contribution in [0.4, 0.5) is 17.3 Å². The molecule has 3 aromatic rings. The summed E-state index contributed by atoms with van der Waals surface area (Å²) in [5, 5.41) is 14.7. The van der Waals surface area contributed by atoms with Crippen LogP contribution in [0, 0.1) is 25.2 Å². The van der Waals surface area contributed by atoms with Crippen LogP contribution < -0.4 is 10.6 Å². The molecule has 1 aromatic heterocycles. The van der Waals surface area contributed by atoms with Crippen molar-refractivity contribution in [3.8, 4) is 6.07 Å². The van der Waals surface area contributed by atoms with Crippen molar-refractivity contribution in [3.05, 3.63) is 77.1 Å². The topological polar surface area (TPSA) is 90.7 Å². The minimum absolute atomic E-state index is 0.272. The van der Waals surface area contributed by atoms with Gasteiger partial charge in [0, 0.05) is 17.1 Å². The van der Waals surface area contributed by atoms with Gasteiger partial charge in [0.2, 0.25) is 5.95 Å². The summed E-state index contributed by atoms with van der Waals surface area (Å²) < 4.78 is 0. The Hall–Kier alpha value is -3.72. The second-order valence-corrected chi connectivity index (χ2v) is 5.85. The van der Waals surface area contributed by atoms with E-state index in [9.17, 15) is 4.79 Å². The number of aryl methyl sites for hydroxylation is 2. The predicted octanol–water partition coefficient (Wildman–Crippen LogP) is 3.96. The molecule has 0 aliphatic carbocycles. The zero-order valence-electron chi connectivity index (χ0n) is 14.4. The number of nitrogens with zero attached hydrogens (tertiary/aromatic N) is 3. The van der Waals surface area contributed by atoms with Crippen molar-refractivity contribution in [2.24, 2.45) is 0 Å². The number of hydrogen-bond donors (Lipinski definition) is 2. The van der Waals surface area contributed by atoms with E-state index in [1.54, 1.807) is 37.3 Å². The molecule has 128 valence electrons. The summed E-state index contributed by atoms with van der Waals surface area (Å²) in [6.45, 7) is 3.79. The molecule has 0 saturated heterocycles. The van der Waals surface area contributed by atoms with Gasteiger partial charge in [0.25, 0.3) is 5.91 Å². The van der Waals surface area contributed by atoms with Gasteiger partial charge < -0.3 is 10.6 Å². The molecule has 0 aliphatic rings. The molecule has 0 fully saturated rings. The lowest BCUT2D eigenvalue weighted by Crippen LogP contribution is -2.15. The summed E-state index contributed by atoms with van der Waals surface area (Å²) >= 11 is 0. The number of rotatable bonds is 4. The van der Waals surface area contributed by atoms with Crippen LogP contribution in [0.25, 0.3) is 0 Å². The number of benzene rings is 2. The van der Waals surface area contributed by atoms with Gasteiger partial charge in [-0.05, 0) is 56.3 Å². The lowest BCUT2D eigenvalue weighted by Gasteiger charge is -2.09. The van der Waals surface area contributed by atoms with Crippen LogP contribution in [0.15, 0.2) is 54.6 Å². The summed E-state index contributed by atoms with van der Waals surface area (Å²) in [4.78, 5) is 21.1. The maximum absolute atomic E-state index is 12.5. The van der Waals surface area contributed by atoms with E-state index in [-0.39, 0.29) is 11.6 Å². The van der Waals surface area contributed by atoms with E-state index >= 15 is 0 Å². The molecule has 0 saturated carbocycles. The Kier molecular flexibility index (Phi) is 4.90. The number of aromatic nitrogens is 2. The molecule has 6 heteroatoms. The van der Waals surface area contributed by atoms with Crippen molar-refractivity contribution >= 4 is 23.2 Å². The Balaban J connectivity index is 1.79. The molecule has 26 heavy (non-hydrogen) atoms. The third kappa shape index (κ3) is 4.22. The van der Waals surface area contributed by atoms with Gasteiger partial charge in [-0.1, -0.05) is 17.7 Å². The maximum atomic E-state index is 12.5. The Morgan fingerprint density at radius 2 is 1.62 bits per heavy atom. The standard InChI is InChI=1S/C20H17N5O/c1-13-3-7-16(8-4-13)23-19(26)18-11-14(2)22-20(25-18)24-17-9-5-15(12-21)6-10-17/h3-11H,1-2H3,(H,23,26)(H,22,24,25). The summed E-state index contributed by atoms with van der Waals surface area (Å²) in [6.07, 6.45) is 0. The van der Waals surface area contributed by atoms with Crippen LogP contribution in [-0.4, -0.2) is 15.9 Å². The summed E-state index contributed by atoms with van der Waals surface area (Å²) in [5.74, 6) is 0.0194. The molecular formula is C20H17N5O. The van der Waals surface area contributed by atoms with Gasteiger partial charge >= 0.3 is 0 Å². The first-order valence-corrected chi connectivity index (χ1v) is 8.04. The first-order chi connectivity index (χ1) is 12.5. The van der Waals surface area contributed by atoms with E-state index in [4.69, 9.17) is 5.26 Å². The van der Waals surface area contributed by atoms with Gasteiger partial charge in [-0.15, -0.1) is 0 Å². The van der Waals surface area contributed by atoms with Crippen molar-refractivity contribution in [3.63, 3.8) is 0 Å². The molecule has 3 rings (SSSR count). The molecule has 1 heterocycles. The second-order valence-electron chi connectivity index (χ2n) is 5.85. The highest BCUT2D eigenvalue weighted by Gasteiger charge is 2.11. The average Bonchev–Trinajstić information content (AvgIpc) is 2.64. The van der Waals surface area contributed by atoms with Crippen molar-refractivity contribution in [1.82, 2.24) is 9.97 Å². The van der Waals surface area contributed by atoms with Gasteiger partial charge in [0.1, 0.15) is 5.69 Å². The quantitative estimate of drug-likeness (QED) is 0.748. The van der Waals surface area contributed by atoms with E-state index in [1.807, 2.05) is 31.2 Å². The first-order valence-electron chi connectivity index (χ1n) is 8.04. The Labute approximate surface area is 151 Å². The highest BCUT2D eigenvalue weighted by molar-refractivity contribution is 6.03. The fraction of sp³-hybridized carbons (Fsp3) is 0.100. The lowest BCUT2D eigenvalue weighted by atomic mass is 10.2. The Morgan fingerprint density at radius 3 is 2.27 bits per heavy atom. The highest BCUT2D eigenvalue weighted by atomic mass is 16.1. The molecule has 2 N–H and O–H groups in total. The lowest BCUT2D eigenvalue weighted by molar-refractivity contribution is 0.102. The van der Waals surface area contributed by atoms with E-state index in [0.29, 0.717) is 22.9 Å². The molecule has 0 radical (unpaired) electrons. The van der Waals surface area contributed by atoms with E-state index < -0.39 is 0 Å². The van der Waals surface area contributed by atoms with Crippen LogP contribution in [0.1, 0.15) is 27.3 Å². The van der Waals surface area contributed by atoms with E-state index in [0.717, 1.165) is 11.3 Å². The van der Waals surface area contributed by atoms with Gasteiger partial charge in [-0.25, -0.2) is 9.97 Å². The molecule has 6 nitrogen and oxygen atoms in total. The minimum atomic E-state index is -0.303. The Morgan fingerprint density at radius 1 is 0.962 bits per heavy atom. The summed E-state index contributed by atoms with van der Waals surface area (Å²) in [6, 6.07) is 18.2. The summed E-state index contributed by atoms with van der Waals surface area (Å²) in [5.41, 5.74) is 4.08. The first kappa shape index (κ1) is 17.1. The highest BCUT2D eigenvalue weighted by Crippen LogP contribution is 2.16.